The van der Waals surface area contributed by atoms with E-state index >= 15 is 0 Å². The van der Waals surface area contributed by atoms with Crippen LogP contribution < -0.4 is 0 Å². The number of carbonyl (C=O) groups excluding carboxylic acids is 1. The zero-order chi connectivity index (χ0) is 7.15. The van der Waals surface area contributed by atoms with Gasteiger partial charge in [0.15, 0.2) is 0 Å². The minimum absolute atomic E-state index is 0.167. The average Bonchev–Trinajstić information content (AvgIpc) is 1.25. The first-order valence-corrected chi connectivity index (χ1v) is 13.4. The minimum atomic E-state index is -0.896. The van der Waals surface area contributed by atoms with Crippen molar-refractivity contribution in [3.05, 3.63) is 0 Å². The van der Waals surface area contributed by atoms with Crippen molar-refractivity contribution in [3.63, 3.8) is 0 Å². The first-order valence-electron chi connectivity index (χ1n) is 1.77. The molecule has 0 spiro atoms. The molecule has 0 radical (unpaired) electrons. The fourth-order valence-corrected chi connectivity index (χ4v) is 0. The van der Waals surface area contributed by atoms with E-state index in [0.717, 1.165) is 0 Å². The molecule has 0 unspecified atom stereocenters. The SMILES string of the molecule is CC(C)=O.[Br][Ti]([Br])[Br]. The van der Waals surface area contributed by atoms with Gasteiger partial charge in [-0.05, 0) is 13.8 Å². The molecule has 0 fully saturated rings. The van der Waals surface area contributed by atoms with E-state index in [2.05, 4.69) is 39.5 Å². The molecule has 0 amide bonds. The maximum absolute atomic E-state index is 9.44. The molecule has 0 heterocycles. The summed E-state index contributed by atoms with van der Waals surface area (Å²) in [6, 6.07) is 0. The Morgan fingerprint density at radius 2 is 1.25 bits per heavy atom. The number of ketones is 1. The summed E-state index contributed by atoms with van der Waals surface area (Å²) in [5, 5.41) is 0. The van der Waals surface area contributed by atoms with Gasteiger partial charge < -0.3 is 4.79 Å². The van der Waals surface area contributed by atoms with Crippen LogP contribution in [0, 0.1) is 0 Å². The van der Waals surface area contributed by atoms with E-state index in [1.165, 1.54) is 13.8 Å². The van der Waals surface area contributed by atoms with Crippen LogP contribution in [-0.4, -0.2) is 5.78 Å². The van der Waals surface area contributed by atoms with Gasteiger partial charge in [-0.15, -0.1) is 0 Å². The molecule has 0 aliphatic heterocycles. The van der Waals surface area contributed by atoms with Crippen LogP contribution >= 0.6 is 39.5 Å². The van der Waals surface area contributed by atoms with Crippen molar-refractivity contribution in [2.45, 2.75) is 13.8 Å². The third-order valence-corrected chi connectivity index (χ3v) is 0. The fraction of sp³-hybridized carbons (Fsp3) is 0.667. The molecule has 0 N–H and O–H groups in total. The van der Waals surface area contributed by atoms with Crippen molar-refractivity contribution in [2.24, 2.45) is 0 Å². The molecule has 0 aromatic heterocycles. The summed E-state index contributed by atoms with van der Waals surface area (Å²) >= 11 is 8.92. The van der Waals surface area contributed by atoms with Crippen LogP contribution in [-0.2, 0) is 16.4 Å². The molecule has 0 rings (SSSR count). The van der Waals surface area contributed by atoms with Crippen LogP contribution in [0.2, 0.25) is 0 Å². The average molecular weight is 346 g/mol. The van der Waals surface area contributed by atoms with Crippen molar-refractivity contribution in [1.82, 2.24) is 0 Å². The normalized spacial score (nSPS) is 6.62. The monoisotopic (exact) mass is 343 g/mol. The Hall–Kier alpha value is 1.82. The molecule has 49 valence electrons. The topological polar surface area (TPSA) is 17.1 Å². The number of carbonyl (C=O) groups is 1. The predicted molar refractivity (Wildman–Crippen MR) is 43.1 cm³/mol. The van der Waals surface area contributed by atoms with E-state index in [9.17, 15) is 4.79 Å². The van der Waals surface area contributed by atoms with E-state index in [1.54, 1.807) is 0 Å². The second-order valence-electron chi connectivity index (χ2n) is 1.12. The Labute approximate surface area is 74.6 Å². The second kappa shape index (κ2) is 8.82. The van der Waals surface area contributed by atoms with Crippen molar-refractivity contribution in [2.75, 3.05) is 0 Å². The number of rotatable bonds is 0. The van der Waals surface area contributed by atoms with Gasteiger partial charge in [-0.25, -0.2) is 0 Å². The Morgan fingerprint density at radius 1 is 1.25 bits per heavy atom. The summed E-state index contributed by atoms with van der Waals surface area (Å²) in [6.07, 6.45) is 0. The standard InChI is InChI=1S/C3H6O.3BrH.Ti/c1-3(2)4;;;;/h1-2H3;3*1H;/q;;;;+3/p-3. The molecular weight excluding hydrogens is 340 g/mol. The Kier molecular flexibility index (Phi) is 13.8. The van der Waals surface area contributed by atoms with Gasteiger partial charge in [0.1, 0.15) is 5.78 Å². The van der Waals surface area contributed by atoms with E-state index in [1.807, 2.05) is 0 Å². The Morgan fingerprint density at radius 3 is 1.25 bits per heavy atom. The third-order valence-electron chi connectivity index (χ3n) is 0. The van der Waals surface area contributed by atoms with Crippen molar-refractivity contribution in [1.29, 1.82) is 0 Å². The number of halogens is 3. The van der Waals surface area contributed by atoms with Crippen LogP contribution in [0.1, 0.15) is 13.8 Å². The van der Waals surface area contributed by atoms with E-state index in [0.29, 0.717) is 0 Å². The fourth-order valence-electron chi connectivity index (χ4n) is 0. The Bertz CT molecular complexity index is 58.8. The third kappa shape index (κ3) is 109. The molecule has 0 atom stereocenters. The van der Waals surface area contributed by atoms with E-state index in [4.69, 9.17) is 0 Å². The van der Waals surface area contributed by atoms with Crippen LogP contribution in [0.25, 0.3) is 0 Å². The Balaban J connectivity index is 0. The number of Topliss-reactive ketones (excluding diaryl/α,β-unsaturated/α-hetero) is 1. The van der Waals surface area contributed by atoms with Gasteiger partial charge in [-0.2, -0.15) is 0 Å². The quantitative estimate of drug-likeness (QED) is 0.617. The molecular formula is C3H6Br3OTi. The summed E-state index contributed by atoms with van der Waals surface area (Å²) in [4.78, 5) is 9.44. The predicted octanol–water partition coefficient (Wildman–Crippen LogP) is 3.13. The van der Waals surface area contributed by atoms with E-state index in [-0.39, 0.29) is 5.78 Å². The molecule has 0 aromatic carbocycles. The summed E-state index contributed by atoms with van der Waals surface area (Å²) < 4.78 is 0. The summed E-state index contributed by atoms with van der Waals surface area (Å²) in [6.45, 7) is 3.06. The molecule has 0 saturated heterocycles. The van der Waals surface area contributed by atoms with Crippen LogP contribution in [0.5, 0.6) is 0 Å². The zero-order valence-corrected chi connectivity index (χ0v) is 10.9. The van der Waals surface area contributed by atoms with Gasteiger partial charge in [0.05, 0.1) is 0 Å². The molecule has 0 aromatic rings. The van der Waals surface area contributed by atoms with Gasteiger partial charge >= 0.3 is 51.1 Å². The molecule has 0 bridgehead atoms. The van der Waals surface area contributed by atoms with Crippen molar-refractivity contribution >= 4 is 45.3 Å². The maximum atomic E-state index is 9.44. The molecule has 0 aliphatic carbocycles. The first kappa shape index (κ1) is 12.5. The molecule has 8 heavy (non-hydrogen) atoms. The summed E-state index contributed by atoms with van der Waals surface area (Å²) in [5.74, 6) is 0.167. The molecule has 0 saturated carbocycles. The first-order chi connectivity index (χ1) is 3.46. The zero-order valence-electron chi connectivity index (χ0n) is 4.54. The van der Waals surface area contributed by atoms with Gasteiger partial charge in [0.25, 0.3) is 0 Å². The molecule has 1 nitrogen and oxygen atoms in total. The van der Waals surface area contributed by atoms with E-state index < -0.39 is 11.6 Å². The summed E-state index contributed by atoms with van der Waals surface area (Å²) in [5.41, 5.74) is 0. The molecule has 5 heteroatoms. The molecule has 0 aliphatic rings. The summed E-state index contributed by atoms with van der Waals surface area (Å²) in [7, 11) is 0. The van der Waals surface area contributed by atoms with Gasteiger partial charge in [0, 0.05) is 0 Å². The van der Waals surface area contributed by atoms with Gasteiger partial charge in [0.2, 0.25) is 0 Å². The second-order valence-corrected chi connectivity index (χ2v) is 24.8. The van der Waals surface area contributed by atoms with Crippen LogP contribution in [0.3, 0.4) is 0 Å². The van der Waals surface area contributed by atoms with Crippen LogP contribution in [0.15, 0.2) is 0 Å². The van der Waals surface area contributed by atoms with Gasteiger partial charge in [-0.3, -0.25) is 0 Å². The van der Waals surface area contributed by atoms with Crippen LogP contribution in [0.4, 0.5) is 0 Å². The van der Waals surface area contributed by atoms with Crippen molar-refractivity contribution < 1.29 is 16.4 Å². The number of hydrogen-bond acceptors (Lipinski definition) is 1. The number of hydrogen-bond donors (Lipinski definition) is 0. The van der Waals surface area contributed by atoms with Gasteiger partial charge in [-0.1, -0.05) is 0 Å². The van der Waals surface area contributed by atoms with Crippen molar-refractivity contribution in [3.8, 4) is 0 Å².